The van der Waals surface area contributed by atoms with E-state index in [1.54, 1.807) is 0 Å². The molecule has 0 unspecified atom stereocenters. The predicted molar refractivity (Wildman–Crippen MR) is 69.9 cm³/mol. The van der Waals surface area contributed by atoms with E-state index in [9.17, 15) is 9.18 Å². The summed E-state index contributed by atoms with van der Waals surface area (Å²) in [5.74, 6) is -1.08. The number of carboxylic acids is 1. The number of hydrogen-bond acceptors (Lipinski definition) is 2. The van der Waals surface area contributed by atoms with Crippen LogP contribution >= 0.6 is 23.2 Å². The quantitative estimate of drug-likeness (QED) is 0.899. The minimum absolute atomic E-state index is 0.0505. The van der Waals surface area contributed by atoms with Crippen molar-refractivity contribution in [2.24, 2.45) is 0 Å². The molecule has 0 aliphatic rings. The molecule has 3 nitrogen and oxygen atoms in total. The second kappa shape index (κ2) is 5.47. The van der Waals surface area contributed by atoms with Crippen molar-refractivity contribution < 1.29 is 19.0 Å². The van der Waals surface area contributed by atoms with Gasteiger partial charge in [-0.2, -0.15) is 0 Å². The van der Waals surface area contributed by atoms with Crippen LogP contribution in [0.2, 0.25) is 10.0 Å². The van der Waals surface area contributed by atoms with Gasteiger partial charge in [-0.25, -0.2) is 9.18 Å². The molecule has 0 bridgehead atoms. The molecule has 2 rings (SSSR count). The van der Waals surface area contributed by atoms with Gasteiger partial charge in [0.05, 0.1) is 15.6 Å². The second-order valence-corrected chi connectivity index (χ2v) is 4.44. The van der Waals surface area contributed by atoms with Crippen LogP contribution < -0.4 is 4.74 Å². The summed E-state index contributed by atoms with van der Waals surface area (Å²) in [4.78, 5) is 10.7. The van der Waals surface area contributed by atoms with Crippen LogP contribution in [0.25, 0.3) is 0 Å². The Morgan fingerprint density at radius 3 is 2.42 bits per heavy atom. The third-order valence-electron chi connectivity index (χ3n) is 2.30. The van der Waals surface area contributed by atoms with Crippen LogP contribution in [0.5, 0.6) is 11.5 Å². The summed E-state index contributed by atoms with van der Waals surface area (Å²) in [5.41, 5.74) is 0.0505. The third-order valence-corrected chi connectivity index (χ3v) is 2.88. The number of ether oxygens (including phenoxy) is 1. The zero-order valence-electron chi connectivity index (χ0n) is 9.36. The van der Waals surface area contributed by atoms with Crippen LogP contribution in [-0.4, -0.2) is 11.1 Å². The van der Waals surface area contributed by atoms with Crippen molar-refractivity contribution >= 4 is 29.2 Å². The van der Waals surface area contributed by atoms with E-state index >= 15 is 0 Å². The summed E-state index contributed by atoms with van der Waals surface area (Å²) in [7, 11) is 0. The highest BCUT2D eigenvalue weighted by Crippen LogP contribution is 2.31. The number of hydrogen-bond donors (Lipinski definition) is 1. The zero-order valence-corrected chi connectivity index (χ0v) is 10.9. The van der Waals surface area contributed by atoms with E-state index in [1.165, 1.54) is 30.3 Å². The molecule has 0 heterocycles. The fourth-order valence-corrected chi connectivity index (χ4v) is 1.77. The SMILES string of the molecule is O=C(O)c1ccc(Oc2ccc(F)c(Cl)c2)c(Cl)c1. The van der Waals surface area contributed by atoms with E-state index in [0.29, 0.717) is 5.75 Å². The molecule has 98 valence electrons. The van der Waals surface area contributed by atoms with E-state index in [4.69, 9.17) is 33.0 Å². The van der Waals surface area contributed by atoms with Crippen LogP contribution in [0, 0.1) is 5.82 Å². The van der Waals surface area contributed by atoms with Gasteiger partial charge in [0.2, 0.25) is 0 Å². The van der Waals surface area contributed by atoms with Crippen LogP contribution in [-0.2, 0) is 0 Å². The molecule has 0 atom stereocenters. The predicted octanol–water partition coefficient (Wildman–Crippen LogP) is 4.62. The molecular formula is C13H7Cl2FO3. The normalized spacial score (nSPS) is 10.3. The number of aromatic carboxylic acids is 1. The fourth-order valence-electron chi connectivity index (χ4n) is 1.38. The van der Waals surface area contributed by atoms with Crippen LogP contribution in [0.3, 0.4) is 0 Å². The van der Waals surface area contributed by atoms with Crippen molar-refractivity contribution in [1.82, 2.24) is 0 Å². The minimum atomic E-state index is -1.08. The molecule has 0 fully saturated rings. The first-order valence-electron chi connectivity index (χ1n) is 5.13. The van der Waals surface area contributed by atoms with Gasteiger partial charge in [0, 0.05) is 6.07 Å². The van der Waals surface area contributed by atoms with Crippen LogP contribution in [0.15, 0.2) is 36.4 Å². The summed E-state index contributed by atoms with van der Waals surface area (Å²) in [6.07, 6.45) is 0. The van der Waals surface area contributed by atoms with Crippen molar-refractivity contribution in [2.75, 3.05) is 0 Å². The Bertz CT molecular complexity index is 644. The van der Waals surface area contributed by atoms with Gasteiger partial charge in [-0.1, -0.05) is 23.2 Å². The second-order valence-electron chi connectivity index (χ2n) is 3.63. The average Bonchev–Trinajstić information content (AvgIpc) is 2.36. The molecule has 0 aliphatic heterocycles. The van der Waals surface area contributed by atoms with E-state index in [-0.39, 0.29) is 21.4 Å². The van der Waals surface area contributed by atoms with Gasteiger partial charge in [-0.15, -0.1) is 0 Å². The van der Waals surface area contributed by atoms with E-state index in [1.807, 2.05) is 0 Å². The smallest absolute Gasteiger partial charge is 0.335 e. The molecule has 2 aromatic carbocycles. The van der Waals surface area contributed by atoms with E-state index in [0.717, 1.165) is 6.07 Å². The largest absolute Gasteiger partial charge is 0.478 e. The van der Waals surface area contributed by atoms with Crippen molar-refractivity contribution in [2.45, 2.75) is 0 Å². The highest BCUT2D eigenvalue weighted by Gasteiger charge is 2.09. The maximum Gasteiger partial charge on any atom is 0.335 e. The first-order valence-corrected chi connectivity index (χ1v) is 5.88. The number of rotatable bonds is 3. The average molecular weight is 301 g/mol. The summed E-state index contributed by atoms with van der Waals surface area (Å²) in [6.45, 7) is 0. The van der Waals surface area contributed by atoms with Gasteiger partial charge in [0.1, 0.15) is 17.3 Å². The number of carbonyl (C=O) groups is 1. The molecule has 1 N–H and O–H groups in total. The fraction of sp³-hybridized carbons (Fsp3) is 0. The lowest BCUT2D eigenvalue weighted by Crippen LogP contribution is -1.96. The molecule has 0 amide bonds. The van der Waals surface area contributed by atoms with E-state index < -0.39 is 11.8 Å². The number of halogens is 3. The summed E-state index contributed by atoms with van der Waals surface area (Å²) >= 11 is 11.5. The van der Waals surface area contributed by atoms with Crippen molar-refractivity contribution in [3.8, 4) is 11.5 Å². The lowest BCUT2D eigenvalue weighted by molar-refractivity contribution is 0.0697. The van der Waals surface area contributed by atoms with Crippen LogP contribution in [0.1, 0.15) is 10.4 Å². The van der Waals surface area contributed by atoms with Crippen molar-refractivity contribution in [3.63, 3.8) is 0 Å². The maximum atomic E-state index is 13.0. The molecule has 0 radical (unpaired) electrons. The summed E-state index contributed by atoms with van der Waals surface area (Å²) < 4.78 is 18.4. The Kier molecular flexibility index (Phi) is 3.93. The minimum Gasteiger partial charge on any atom is -0.478 e. The molecule has 0 saturated heterocycles. The third kappa shape index (κ3) is 3.16. The van der Waals surface area contributed by atoms with Gasteiger partial charge in [-0.05, 0) is 30.3 Å². The molecule has 0 aliphatic carbocycles. The number of carboxylic acid groups (broad SMARTS) is 1. The highest BCUT2D eigenvalue weighted by molar-refractivity contribution is 6.32. The summed E-state index contributed by atoms with van der Waals surface area (Å²) in [6, 6.07) is 7.90. The Balaban J connectivity index is 2.28. The van der Waals surface area contributed by atoms with Crippen LogP contribution in [0.4, 0.5) is 4.39 Å². The Morgan fingerprint density at radius 1 is 1.11 bits per heavy atom. The lowest BCUT2D eigenvalue weighted by atomic mass is 10.2. The van der Waals surface area contributed by atoms with Gasteiger partial charge < -0.3 is 9.84 Å². The molecule has 0 aromatic heterocycles. The van der Waals surface area contributed by atoms with Gasteiger partial charge >= 0.3 is 5.97 Å². The highest BCUT2D eigenvalue weighted by atomic mass is 35.5. The zero-order chi connectivity index (χ0) is 14.0. The summed E-state index contributed by atoms with van der Waals surface area (Å²) in [5, 5.41) is 8.86. The number of benzene rings is 2. The molecule has 19 heavy (non-hydrogen) atoms. The monoisotopic (exact) mass is 300 g/mol. The van der Waals surface area contributed by atoms with Crippen molar-refractivity contribution in [1.29, 1.82) is 0 Å². The molecular weight excluding hydrogens is 294 g/mol. The first-order chi connectivity index (χ1) is 8.97. The molecule has 2 aromatic rings. The standard InChI is InChI=1S/C13H7Cl2FO3/c14-9-6-8(2-3-11(9)16)19-12-4-1-7(13(17)18)5-10(12)15/h1-6H,(H,17,18). The van der Waals surface area contributed by atoms with Gasteiger partial charge in [0.15, 0.2) is 0 Å². The lowest BCUT2D eigenvalue weighted by Gasteiger charge is -2.08. The molecule has 0 spiro atoms. The Labute approximate surface area is 118 Å². The maximum absolute atomic E-state index is 13.0. The first kappa shape index (κ1) is 13.6. The van der Waals surface area contributed by atoms with E-state index in [2.05, 4.69) is 0 Å². The van der Waals surface area contributed by atoms with Gasteiger partial charge in [-0.3, -0.25) is 0 Å². The Morgan fingerprint density at radius 2 is 1.84 bits per heavy atom. The molecule has 6 heteroatoms. The topological polar surface area (TPSA) is 46.5 Å². The molecule has 0 saturated carbocycles. The van der Waals surface area contributed by atoms with Crippen molar-refractivity contribution in [3.05, 3.63) is 57.8 Å². The Hall–Kier alpha value is -1.78. The van der Waals surface area contributed by atoms with Gasteiger partial charge in [0.25, 0.3) is 0 Å².